The highest BCUT2D eigenvalue weighted by Crippen LogP contribution is 2.47. The summed E-state index contributed by atoms with van der Waals surface area (Å²) in [4.78, 5) is 28.3. The summed E-state index contributed by atoms with van der Waals surface area (Å²) in [5.41, 5.74) is 5.56. The van der Waals surface area contributed by atoms with E-state index in [1.54, 1.807) is 18.9 Å². The van der Waals surface area contributed by atoms with Gasteiger partial charge < -0.3 is 14.2 Å². The van der Waals surface area contributed by atoms with Gasteiger partial charge in [0, 0.05) is 26.9 Å². The van der Waals surface area contributed by atoms with Gasteiger partial charge in [0.15, 0.2) is 5.78 Å². The van der Waals surface area contributed by atoms with Gasteiger partial charge in [-0.25, -0.2) is 0 Å². The molecule has 0 atom stereocenters. The summed E-state index contributed by atoms with van der Waals surface area (Å²) >= 11 is 5.26. The fourth-order valence-corrected chi connectivity index (χ4v) is 5.88. The number of fused-ring (bicyclic) bond motifs is 2. The van der Waals surface area contributed by atoms with E-state index in [0.29, 0.717) is 33.9 Å². The first kappa shape index (κ1) is 26.3. The molecule has 5 nitrogen and oxygen atoms in total. The zero-order chi connectivity index (χ0) is 26.3. The molecular weight excluding hydrogens is 540 g/mol. The number of rotatable bonds is 7. The first-order valence-electron chi connectivity index (χ1n) is 11.6. The number of hydrogen-bond donors (Lipinski definition) is 0. The van der Waals surface area contributed by atoms with Gasteiger partial charge in [0.25, 0.3) is 0 Å². The number of ether oxygens (including phenoxy) is 3. The van der Waals surface area contributed by atoms with Crippen LogP contribution in [0.15, 0.2) is 34.8 Å². The van der Waals surface area contributed by atoms with E-state index < -0.39 is 0 Å². The Kier molecular flexibility index (Phi) is 7.53. The minimum Gasteiger partial charge on any atom is -0.496 e. The first-order chi connectivity index (χ1) is 17.2. The van der Waals surface area contributed by atoms with Crippen LogP contribution in [0.5, 0.6) is 17.2 Å². The largest absolute Gasteiger partial charge is 0.496 e. The molecule has 0 amide bonds. The number of aryl methyl sites for hydroxylation is 1. The normalized spacial score (nSPS) is 12.5. The van der Waals surface area contributed by atoms with Gasteiger partial charge in [-0.05, 0) is 71.7 Å². The van der Waals surface area contributed by atoms with E-state index in [2.05, 4.69) is 15.9 Å². The molecule has 0 radical (unpaired) electrons. The lowest BCUT2D eigenvalue weighted by Gasteiger charge is -2.27. The van der Waals surface area contributed by atoms with E-state index in [4.69, 9.17) is 14.2 Å². The van der Waals surface area contributed by atoms with Crippen LogP contribution in [0.25, 0.3) is 11.1 Å². The summed E-state index contributed by atoms with van der Waals surface area (Å²) in [7, 11) is 4.67. The number of carbonyl (C=O) groups is 2. The van der Waals surface area contributed by atoms with Crippen LogP contribution >= 0.6 is 27.7 Å². The molecule has 0 aromatic heterocycles. The second-order valence-electron chi connectivity index (χ2n) is 9.05. The van der Waals surface area contributed by atoms with Crippen molar-refractivity contribution < 1.29 is 23.8 Å². The third-order valence-corrected chi connectivity index (χ3v) is 7.63. The Hall–Kier alpha value is -2.77. The van der Waals surface area contributed by atoms with Crippen molar-refractivity contribution in [1.82, 2.24) is 0 Å². The lowest BCUT2D eigenvalue weighted by molar-refractivity contribution is 0.0974. The van der Waals surface area contributed by atoms with Crippen molar-refractivity contribution in [3.8, 4) is 28.4 Å². The number of benzene rings is 3. The molecule has 4 rings (SSSR count). The highest BCUT2D eigenvalue weighted by molar-refractivity contribution is 9.10. The highest BCUT2D eigenvalue weighted by atomic mass is 79.9. The molecule has 188 valence electrons. The lowest BCUT2D eigenvalue weighted by atomic mass is 9.76. The van der Waals surface area contributed by atoms with Crippen molar-refractivity contribution in [2.24, 2.45) is 0 Å². The van der Waals surface area contributed by atoms with Crippen LogP contribution < -0.4 is 14.2 Å². The van der Waals surface area contributed by atoms with E-state index >= 15 is 0 Å². The zero-order valence-corrected chi connectivity index (χ0v) is 23.9. The lowest BCUT2D eigenvalue weighted by Crippen LogP contribution is -2.24. The van der Waals surface area contributed by atoms with E-state index in [1.165, 1.54) is 14.2 Å². The van der Waals surface area contributed by atoms with E-state index in [9.17, 15) is 9.59 Å². The third-order valence-electron chi connectivity index (χ3n) is 6.60. The van der Waals surface area contributed by atoms with Crippen molar-refractivity contribution >= 4 is 39.3 Å². The number of halogens is 1. The molecule has 3 aromatic rings. The Labute approximate surface area is 224 Å². The second-order valence-corrected chi connectivity index (χ2v) is 10.8. The molecule has 0 spiro atoms. The molecule has 1 aliphatic carbocycles. The Morgan fingerprint density at radius 2 is 1.42 bits per heavy atom. The van der Waals surface area contributed by atoms with Crippen LogP contribution in [0, 0.1) is 6.92 Å². The molecule has 0 saturated heterocycles. The van der Waals surface area contributed by atoms with Crippen LogP contribution in [-0.2, 0) is 5.75 Å². The van der Waals surface area contributed by atoms with Gasteiger partial charge in [0.1, 0.15) is 17.2 Å². The maximum atomic E-state index is 14.3. The van der Waals surface area contributed by atoms with Crippen molar-refractivity contribution in [3.05, 3.63) is 73.7 Å². The van der Waals surface area contributed by atoms with Crippen molar-refractivity contribution in [2.75, 3.05) is 27.6 Å². The first-order valence-corrected chi connectivity index (χ1v) is 13.8. The zero-order valence-electron chi connectivity index (χ0n) is 21.5. The summed E-state index contributed by atoms with van der Waals surface area (Å²) in [5, 5.41) is 0. The highest BCUT2D eigenvalue weighted by Gasteiger charge is 2.38. The molecule has 36 heavy (non-hydrogen) atoms. The predicted octanol–water partition coefficient (Wildman–Crippen LogP) is 7.21. The van der Waals surface area contributed by atoms with E-state index in [0.717, 1.165) is 32.5 Å². The summed E-state index contributed by atoms with van der Waals surface area (Å²) in [6, 6.07) is 9.41. The molecule has 7 heteroatoms. The number of ketones is 2. The smallest absolute Gasteiger partial charge is 0.202 e. The van der Waals surface area contributed by atoms with Crippen LogP contribution in [-0.4, -0.2) is 39.2 Å². The molecular formula is C29H29BrO5S. The Bertz CT molecular complexity index is 1390. The van der Waals surface area contributed by atoms with Gasteiger partial charge in [-0.3, -0.25) is 9.59 Å². The molecule has 3 aromatic carbocycles. The Balaban J connectivity index is 2.14. The quantitative estimate of drug-likeness (QED) is 0.234. The minimum absolute atomic E-state index is 0.155. The summed E-state index contributed by atoms with van der Waals surface area (Å²) in [6.45, 7) is 6.03. The van der Waals surface area contributed by atoms with Crippen LogP contribution in [0.3, 0.4) is 0 Å². The summed E-state index contributed by atoms with van der Waals surface area (Å²) < 4.78 is 17.8. The Morgan fingerprint density at radius 1 is 0.778 bits per heavy atom. The van der Waals surface area contributed by atoms with Gasteiger partial charge in [0.05, 0.1) is 32.5 Å². The predicted molar refractivity (Wildman–Crippen MR) is 149 cm³/mol. The molecule has 0 heterocycles. The summed E-state index contributed by atoms with van der Waals surface area (Å²) in [6.07, 6.45) is 2.02. The maximum absolute atomic E-state index is 14.3. The number of carbonyl (C=O) groups excluding carboxylic acids is 2. The van der Waals surface area contributed by atoms with Gasteiger partial charge in [-0.15, -0.1) is 0 Å². The molecule has 0 saturated carbocycles. The molecule has 0 bridgehead atoms. The van der Waals surface area contributed by atoms with Crippen molar-refractivity contribution in [1.29, 1.82) is 0 Å². The fourth-order valence-electron chi connectivity index (χ4n) is 4.86. The van der Waals surface area contributed by atoms with Gasteiger partial charge in [-0.1, -0.05) is 29.8 Å². The third kappa shape index (κ3) is 4.22. The molecule has 0 unspecified atom stereocenters. The molecule has 0 N–H and O–H groups in total. The number of hydrogen-bond acceptors (Lipinski definition) is 6. The fraction of sp³-hybridized carbons (Fsp3) is 0.310. The SMILES string of the molecule is COc1cc(Br)cc(-c2c(C)cc(OC)c3c2C(=O)c2cc(C(C)C)cc(OC)c2C3=O)c1CSC. The number of methoxy groups -OCH3 is 3. The van der Waals surface area contributed by atoms with Gasteiger partial charge in [-0.2, -0.15) is 11.8 Å². The van der Waals surface area contributed by atoms with E-state index in [1.807, 2.05) is 57.4 Å². The molecule has 1 aliphatic rings. The van der Waals surface area contributed by atoms with Crippen LogP contribution in [0.2, 0.25) is 0 Å². The molecule has 0 fully saturated rings. The van der Waals surface area contributed by atoms with Crippen molar-refractivity contribution in [3.63, 3.8) is 0 Å². The van der Waals surface area contributed by atoms with E-state index in [-0.39, 0.29) is 28.6 Å². The maximum Gasteiger partial charge on any atom is 0.202 e. The van der Waals surface area contributed by atoms with Gasteiger partial charge >= 0.3 is 0 Å². The van der Waals surface area contributed by atoms with Crippen LogP contribution in [0.4, 0.5) is 0 Å². The average molecular weight is 570 g/mol. The summed E-state index contributed by atoms with van der Waals surface area (Å²) in [5.74, 6) is 1.83. The minimum atomic E-state index is -0.279. The topological polar surface area (TPSA) is 61.8 Å². The monoisotopic (exact) mass is 568 g/mol. The van der Waals surface area contributed by atoms with Crippen molar-refractivity contribution in [2.45, 2.75) is 32.4 Å². The van der Waals surface area contributed by atoms with Gasteiger partial charge in [0.2, 0.25) is 5.78 Å². The van der Waals surface area contributed by atoms with Crippen LogP contribution in [0.1, 0.15) is 68.3 Å². The number of thioether (sulfide) groups is 1. The molecule has 0 aliphatic heterocycles. The standard InChI is InChI=1S/C29H29BrO5S/c1-14(2)16-9-19-25(23(10-16)35-6)29(32)26-22(34-5)8-15(3)24(27(26)28(19)31)18-11-17(30)12-21(33-4)20(18)13-36-7/h8-12,14H,13H2,1-7H3. The Morgan fingerprint density at radius 3 is 2.00 bits per heavy atom. The average Bonchev–Trinajstić information content (AvgIpc) is 2.86. The second kappa shape index (κ2) is 10.3.